The number of amides is 1. The normalized spacial score (nSPS) is 10.3. The third kappa shape index (κ3) is 3.33. The zero-order valence-corrected chi connectivity index (χ0v) is 12.3. The van der Waals surface area contributed by atoms with Crippen molar-refractivity contribution in [2.75, 3.05) is 17.7 Å². The molecule has 0 saturated carbocycles. The number of benzene rings is 1. The first-order chi connectivity index (χ1) is 9.92. The number of carbonyl (C=O) groups is 1. The molecule has 2 aromatic rings. The van der Waals surface area contributed by atoms with Crippen molar-refractivity contribution in [2.24, 2.45) is 0 Å². The highest BCUT2D eigenvalue weighted by atomic mass is 79.9. The molecule has 2 N–H and O–H groups in total. The minimum absolute atomic E-state index is 0.00888. The van der Waals surface area contributed by atoms with Crippen molar-refractivity contribution in [1.82, 2.24) is 4.98 Å². The number of aromatic nitrogens is 1. The Morgan fingerprint density at radius 1 is 1.19 bits per heavy atom. The van der Waals surface area contributed by atoms with E-state index in [0.717, 1.165) is 18.3 Å². The lowest BCUT2D eigenvalue weighted by atomic mass is 10.2. The van der Waals surface area contributed by atoms with E-state index >= 15 is 0 Å². The molecular formula is C13H9BrF3N3O. The summed E-state index contributed by atoms with van der Waals surface area (Å²) in [6, 6.07) is 2.67. The van der Waals surface area contributed by atoms with E-state index in [1.807, 2.05) is 0 Å². The van der Waals surface area contributed by atoms with Crippen LogP contribution < -0.4 is 10.6 Å². The van der Waals surface area contributed by atoms with Crippen LogP contribution >= 0.6 is 15.9 Å². The lowest BCUT2D eigenvalue weighted by molar-refractivity contribution is 0.102. The second-order valence-corrected chi connectivity index (χ2v) is 4.85. The van der Waals surface area contributed by atoms with Gasteiger partial charge in [-0.15, -0.1) is 0 Å². The molecule has 0 saturated heterocycles. The number of carbonyl (C=O) groups excluding carboxylic acids is 1. The first-order valence-corrected chi connectivity index (χ1v) is 6.51. The number of nitrogens with zero attached hydrogens (tertiary/aromatic N) is 1. The van der Waals surface area contributed by atoms with Crippen LogP contribution in [0.5, 0.6) is 0 Å². The Morgan fingerprint density at radius 2 is 1.90 bits per heavy atom. The van der Waals surface area contributed by atoms with Crippen LogP contribution in [-0.2, 0) is 0 Å². The van der Waals surface area contributed by atoms with Gasteiger partial charge in [-0.1, -0.05) is 0 Å². The maximum Gasteiger partial charge on any atom is 0.259 e. The molecule has 0 unspecified atom stereocenters. The molecule has 0 fully saturated rings. The average molecular weight is 360 g/mol. The minimum atomic E-state index is -0.945. The van der Waals surface area contributed by atoms with Crippen LogP contribution in [0.3, 0.4) is 0 Å². The minimum Gasteiger partial charge on any atom is -0.372 e. The maximum absolute atomic E-state index is 13.6. The number of hydrogen-bond acceptors (Lipinski definition) is 3. The molecule has 21 heavy (non-hydrogen) atoms. The molecular weight excluding hydrogens is 351 g/mol. The predicted molar refractivity (Wildman–Crippen MR) is 75.8 cm³/mol. The molecule has 0 spiro atoms. The molecule has 1 heterocycles. The highest BCUT2D eigenvalue weighted by Gasteiger charge is 2.16. The Labute approximate surface area is 126 Å². The van der Waals surface area contributed by atoms with Gasteiger partial charge in [0.1, 0.15) is 23.3 Å². The van der Waals surface area contributed by atoms with Gasteiger partial charge in [0.15, 0.2) is 0 Å². The van der Waals surface area contributed by atoms with Gasteiger partial charge in [0.25, 0.3) is 5.91 Å². The highest BCUT2D eigenvalue weighted by Crippen LogP contribution is 2.24. The largest absolute Gasteiger partial charge is 0.372 e. The molecule has 0 radical (unpaired) electrons. The van der Waals surface area contributed by atoms with Gasteiger partial charge >= 0.3 is 0 Å². The monoisotopic (exact) mass is 359 g/mol. The summed E-state index contributed by atoms with van der Waals surface area (Å²) in [5.74, 6) is -3.09. The fourth-order valence-electron chi connectivity index (χ4n) is 1.62. The fraction of sp³-hybridized carbons (Fsp3) is 0.0769. The molecule has 0 aliphatic carbocycles. The molecule has 0 aliphatic heterocycles. The Morgan fingerprint density at radius 3 is 2.57 bits per heavy atom. The summed E-state index contributed by atoms with van der Waals surface area (Å²) in [5, 5.41) is 4.86. The molecule has 4 nitrogen and oxygen atoms in total. The van der Waals surface area contributed by atoms with Gasteiger partial charge in [0.05, 0.1) is 21.9 Å². The third-order valence-electron chi connectivity index (χ3n) is 2.59. The molecule has 0 bridgehead atoms. The van der Waals surface area contributed by atoms with Crippen LogP contribution in [0, 0.1) is 17.5 Å². The molecule has 1 aromatic heterocycles. The van der Waals surface area contributed by atoms with Crippen molar-refractivity contribution >= 4 is 33.3 Å². The van der Waals surface area contributed by atoms with Crippen molar-refractivity contribution < 1.29 is 18.0 Å². The van der Waals surface area contributed by atoms with Crippen LogP contribution in [0.25, 0.3) is 0 Å². The Kier molecular flexibility index (Phi) is 4.46. The molecule has 1 amide bonds. The van der Waals surface area contributed by atoms with Gasteiger partial charge in [-0.25, -0.2) is 18.2 Å². The topological polar surface area (TPSA) is 54.0 Å². The maximum atomic E-state index is 13.6. The quantitative estimate of drug-likeness (QED) is 0.824. The number of halogens is 4. The standard InChI is InChI=1S/C13H9BrF3N3O/c1-18-12-7(2-6(15)5-19-12)13(21)20-11-3-8(14)9(16)4-10(11)17/h2-5H,1H3,(H,18,19)(H,20,21). The van der Waals surface area contributed by atoms with Crippen LogP contribution in [-0.4, -0.2) is 17.9 Å². The van der Waals surface area contributed by atoms with Crippen LogP contribution in [0.4, 0.5) is 24.7 Å². The van der Waals surface area contributed by atoms with E-state index in [-0.39, 0.29) is 21.5 Å². The molecule has 1 aromatic carbocycles. The van der Waals surface area contributed by atoms with Gasteiger partial charge in [0, 0.05) is 13.1 Å². The van der Waals surface area contributed by atoms with Crippen LogP contribution in [0.1, 0.15) is 10.4 Å². The zero-order valence-electron chi connectivity index (χ0n) is 10.7. The van der Waals surface area contributed by atoms with Crippen LogP contribution in [0.2, 0.25) is 0 Å². The number of nitrogens with one attached hydrogen (secondary N) is 2. The van der Waals surface area contributed by atoms with E-state index in [4.69, 9.17) is 0 Å². The molecule has 8 heteroatoms. The third-order valence-corrected chi connectivity index (χ3v) is 3.20. The summed E-state index contributed by atoms with van der Waals surface area (Å²) in [4.78, 5) is 15.8. The summed E-state index contributed by atoms with van der Waals surface area (Å²) >= 11 is 2.89. The van der Waals surface area contributed by atoms with Crippen molar-refractivity contribution in [3.05, 3.63) is 51.9 Å². The number of hydrogen-bond donors (Lipinski definition) is 2. The van der Waals surface area contributed by atoms with Gasteiger partial charge in [-0.05, 0) is 28.1 Å². The predicted octanol–water partition coefficient (Wildman–Crippen LogP) is 3.56. The van der Waals surface area contributed by atoms with Crippen molar-refractivity contribution in [2.45, 2.75) is 0 Å². The zero-order chi connectivity index (χ0) is 15.6. The highest BCUT2D eigenvalue weighted by molar-refractivity contribution is 9.10. The summed E-state index contributed by atoms with van der Waals surface area (Å²) in [7, 11) is 1.51. The second-order valence-electron chi connectivity index (χ2n) is 4.00. The first kappa shape index (κ1) is 15.3. The number of rotatable bonds is 3. The van der Waals surface area contributed by atoms with Gasteiger partial charge in [-0.2, -0.15) is 0 Å². The second kappa shape index (κ2) is 6.13. The van der Waals surface area contributed by atoms with Crippen molar-refractivity contribution in [1.29, 1.82) is 0 Å². The first-order valence-electron chi connectivity index (χ1n) is 5.71. The SMILES string of the molecule is CNc1ncc(F)cc1C(=O)Nc1cc(Br)c(F)cc1F. The summed E-state index contributed by atoms with van der Waals surface area (Å²) in [6.45, 7) is 0. The summed E-state index contributed by atoms with van der Waals surface area (Å²) < 4.78 is 39.9. The Hall–Kier alpha value is -2.09. The Bertz CT molecular complexity index is 709. The van der Waals surface area contributed by atoms with E-state index in [9.17, 15) is 18.0 Å². The van der Waals surface area contributed by atoms with Gasteiger partial charge < -0.3 is 10.6 Å². The van der Waals surface area contributed by atoms with Gasteiger partial charge in [0.2, 0.25) is 0 Å². The van der Waals surface area contributed by atoms with Crippen molar-refractivity contribution in [3.8, 4) is 0 Å². The Balaban J connectivity index is 2.34. The van der Waals surface area contributed by atoms with Gasteiger partial charge in [-0.3, -0.25) is 4.79 Å². The summed E-state index contributed by atoms with van der Waals surface area (Å²) in [6.07, 6.45) is 0.942. The molecule has 0 atom stereocenters. The molecule has 2 rings (SSSR count). The van der Waals surface area contributed by atoms with Crippen LogP contribution in [0.15, 0.2) is 28.9 Å². The average Bonchev–Trinajstić information content (AvgIpc) is 2.44. The summed E-state index contributed by atoms with van der Waals surface area (Å²) in [5.41, 5.74) is -0.336. The van der Waals surface area contributed by atoms with E-state index in [2.05, 4.69) is 31.5 Å². The van der Waals surface area contributed by atoms with E-state index in [1.165, 1.54) is 7.05 Å². The molecule has 110 valence electrons. The molecule has 0 aliphatic rings. The van der Waals surface area contributed by atoms with Crippen molar-refractivity contribution in [3.63, 3.8) is 0 Å². The van der Waals surface area contributed by atoms with E-state index in [1.54, 1.807) is 0 Å². The van der Waals surface area contributed by atoms with E-state index in [0.29, 0.717) is 6.07 Å². The number of anilines is 2. The number of pyridine rings is 1. The van der Waals surface area contributed by atoms with E-state index < -0.39 is 23.4 Å². The lowest BCUT2D eigenvalue weighted by Gasteiger charge is -2.10. The lowest BCUT2D eigenvalue weighted by Crippen LogP contribution is -2.16. The smallest absolute Gasteiger partial charge is 0.259 e. The fourth-order valence-corrected chi connectivity index (χ4v) is 1.96.